The van der Waals surface area contributed by atoms with Gasteiger partial charge in [-0.25, -0.2) is 9.59 Å². The van der Waals surface area contributed by atoms with E-state index in [0.717, 1.165) is 41.8 Å². The normalized spacial score (nSPS) is 15.7. The predicted octanol–water partition coefficient (Wildman–Crippen LogP) is 5.80. The summed E-state index contributed by atoms with van der Waals surface area (Å²) in [7, 11) is 1.64. The molecule has 0 saturated carbocycles. The summed E-state index contributed by atoms with van der Waals surface area (Å²) in [5.41, 5.74) is 2.34. The number of aryl methyl sites for hydroxylation is 1. The SMILES string of the molecule is CCCCc1ccc(N2CC(CN(C)C(=O)OC(C)(C)C)OC2=O)cc1OCc1ccccc1. The van der Waals surface area contributed by atoms with E-state index < -0.39 is 23.9 Å². The number of benzene rings is 2. The average Bonchev–Trinajstić information content (AvgIpc) is 3.15. The van der Waals surface area contributed by atoms with E-state index in [0.29, 0.717) is 13.2 Å². The maximum Gasteiger partial charge on any atom is 0.414 e. The minimum atomic E-state index is -0.584. The van der Waals surface area contributed by atoms with Gasteiger partial charge in [-0.3, -0.25) is 4.90 Å². The van der Waals surface area contributed by atoms with Crippen LogP contribution in [0, 0.1) is 0 Å². The van der Waals surface area contributed by atoms with Gasteiger partial charge in [-0.1, -0.05) is 49.7 Å². The molecule has 1 saturated heterocycles. The molecule has 3 rings (SSSR count). The second-order valence-electron chi connectivity index (χ2n) is 9.65. The first-order chi connectivity index (χ1) is 16.2. The van der Waals surface area contributed by atoms with Gasteiger partial charge < -0.3 is 19.1 Å². The number of unbranched alkanes of at least 4 members (excludes halogenated alkanes) is 1. The summed E-state index contributed by atoms with van der Waals surface area (Å²) in [6.07, 6.45) is 1.74. The number of anilines is 1. The van der Waals surface area contributed by atoms with Crippen molar-refractivity contribution >= 4 is 17.9 Å². The second-order valence-corrected chi connectivity index (χ2v) is 9.65. The number of hydrogen-bond acceptors (Lipinski definition) is 5. The Morgan fingerprint density at radius 1 is 1.18 bits per heavy atom. The Morgan fingerprint density at radius 3 is 2.59 bits per heavy atom. The van der Waals surface area contributed by atoms with Crippen molar-refractivity contribution in [3.63, 3.8) is 0 Å². The smallest absolute Gasteiger partial charge is 0.414 e. The lowest BCUT2D eigenvalue weighted by Crippen LogP contribution is -2.39. The van der Waals surface area contributed by atoms with Gasteiger partial charge in [-0.15, -0.1) is 0 Å². The van der Waals surface area contributed by atoms with E-state index in [9.17, 15) is 9.59 Å². The van der Waals surface area contributed by atoms with Crippen LogP contribution in [0.15, 0.2) is 48.5 Å². The van der Waals surface area contributed by atoms with Crippen LogP contribution in [-0.4, -0.2) is 48.9 Å². The lowest BCUT2D eigenvalue weighted by Gasteiger charge is -2.25. The molecule has 2 aromatic carbocycles. The number of cyclic esters (lactones) is 1. The molecule has 0 bridgehead atoms. The van der Waals surface area contributed by atoms with E-state index in [-0.39, 0.29) is 6.54 Å². The Labute approximate surface area is 202 Å². The van der Waals surface area contributed by atoms with Crippen LogP contribution in [0.25, 0.3) is 0 Å². The van der Waals surface area contributed by atoms with Crippen molar-refractivity contribution in [2.24, 2.45) is 0 Å². The Morgan fingerprint density at radius 2 is 1.91 bits per heavy atom. The number of carbonyl (C=O) groups is 2. The van der Waals surface area contributed by atoms with Crippen LogP contribution >= 0.6 is 0 Å². The van der Waals surface area contributed by atoms with Crippen LogP contribution in [0.1, 0.15) is 51.7 Å². The monoisotopic (exact) mass is 468 g/mol. The van der Waals surface area contributed by atoms with Gasteiger partial charge in [0.05, 0.1) is 18.8 Å². The van der Waals surface area contributed by atoms with Gasteiger partial charge in [0.15, 0.2) is 0 Å². The van der Waals surface area contributed by atoms with E-state index in [1.54, 1.807) is 11.9 Å². The maximum atomic E-state index is 12.6. The molecule has 0 spiro atoms. The fraction of sp³-hybridized carbons (Fsp3) is 0.481. The molecule has 0 N–H and O–H groups in total. The molecule has 2 amide bonds. The molecule has 1 heterocycles. The minimum absolute atomic E-state index is 0.253. The molecule has 2 aromatic rings. The third-order valence-corrected chi connectivity index (χ3v) is 5.46. The van der Waals surface area contributed by atoms with Gasteiger partial charge in [-0.05, 0) is 50.8 Å². The lowest BCUT2D eigenvalue weighted by atomic mass is 10.1. The van der Waals surface area contributed by atoms with Crippen LogP contribution in [0.3, 0.4) is 0 Å². The zero-order valence-electron chi connectivity index (χ0n) is 20.9. The summed E-state index contributed by atoms with van der Waals surface area (Å²) in [5.74, 6) is 0.775. The van der Waals surface area contributed by atoms with Crippen molar-refractivity contribution < 1.29 is 23.8 Å². The zero-order valence-corrected chi connectivity index (χ0v) is 20.9. The first-order valence-corrected chi connectivity index (χ1v) is 11.9. The van der Waals surface area contributed by atoms with Crippen LogP contribution in [-0.2, 0) is 22.5 Å². The first-order valence-electron chi connectivity index (χ1n) is 11.9. The number of ether oxygens (including phenoxy) is 3. The van der Waals surface area contributed by atoms with Crippen LogP contribution < -0.4 is 9.64 Å². The van der Waals surface area contributed by atoms with E-state index in [1.165, 1.54) is 4.90 Å². The number of carbonyl (C=O) groups excluding carboxylic acids is 2. The van der Waals surface area contributed by atoms with Gasteiger partial charge in [0, 0.05) is 13.1 Å². The third kappa shape index (κ3) is 7.14. The summed E-state index contributed by atoms with van der Waals surface area (Å²) >= 11 is 0. The number of amides is 2. The Balaban J connectivity index is 1.70. The molecule has 0 aromatic heterocycles. The molecular weight excluding hydrogens is 432 g/mol. The van der Waals surface area contributed by atoms with Crippen molar-refractivity contribution in [3.05, 3.63) is 59.7 Å². The fourth-order valence-electron chi connectivity index (χ4n) is 3.70. The number of nitrogens with zero attached hydrogens (tertiary/aromatic N) is 2. The van der Waals surface area contributed by atoms with Gasteiger partial charge in [0.1, 0.15) is 24.1 Å². The second kappa shape index (κ2) is 11.3. The molecule has 1 atom stereocenters. The topological polar surface area (TPSA) is 68.3 Å². The zero-order chi connectivity index (χ0) is 24.7. The largest absolute Gasteiger partial charge is 0.489 e. The molecule has 0 aliphatic carbocycles. The van der Waals surface area contributed by atoms with E-state index in [2.05, 4.69) is 6.92 Å². The summed E-state index contributed by atoms with van der Waals surface area (Å²) in [5, 5.41) is 0. The molecule has 184 valence electrons. The van der Waals surface area contributed by atoms with E-state index in [1.807, 2.05) is 69.3 Å². The molecule has 34 heavy (non-hydrogen) atoms. The number of rotatable bonds is 9. The lowest BCUT2D eigenvalue weighted by molar-refractivity contribution is 0.0223. The maximum absolute atomic E-state index is 12.6. The Hall–Kier alpha value is -3.22. The minimum Gasteiger partial charge on any atom is -0.489 e. The first kappa shape index (κ1) is 25.4. The molecule has 1 unspecified atom stereocenters. The highest BCUT2D eigenvalue weighted by Crippen LogP contribution is 2.30. The Bertz CT molecular complexity index is 971. The predicted molar refractivity (Wildman–Crippen MR) is 132 cm³/mol. The molecule has 1 aliphatic rings. The van der Waals surface area contributed by atoms with Gasteiger partial charge in [0.2, 0.25) is 0 Å². The standard InChI is InChI=1S/C27H36N2O5/c1-6-7-13-21-14-15-22(16-24(21)32-19-20-11-9-8-10-12-20)29-18-23(33-26(29)31)17-28(5)25(30)34-27(2,3)4/h8-12,14-16,23H,6-7,13,17-19H2,1-5H3. The van der Waals surface area contributed by atoms with Crippen molar-refractivity contribution in [1.29, 1.82) is 0 Å². The highest BCUT2D eigenvalue weighted by Gasteiger charge is 2.34. The molecule has 0 radical (unpaired) electrons. The summed E-state index contributed by atoms with van der Waals surface area (Å²) < 4.78 is 17.1. The van der Waals surface area contributed by atoms with Crippen LogP contribution in [0.2, 0.25) is 0 Å². The van der Waals surface area contributed by atoms with Gasteiger partial charge in [0.25, 0.3) is 0 Å². The van der Waals surface area contributed by atoms with E-state index in [4.69, 9.17) is 14.2 Å². The number of likely N-dealkylation sites (N-methyl/N-ethyl adjacent to an activating group) is 1. The van der Waals surface area contributed by atoms with Crippen molar-refractivity contribution in [2.75, 3.05) is 25.0 Å². The number of hydrogen-bond donors (Lipinski definition) is 0. The van der Waals surface area contributed by atoms with E-state index >= 15 is 0 Å². The Kier molecular flexibility index (Phi) is 8.42. The highest BCUT2D eigenvalue weighted by atomic mass is 16.6. The third-order valence-electron chi connectivity index (χ3n) is 5.46. The van der Waals surface area contributed by atoms with Gasteiger partial charge in [-0.2, -0.15) is 0 Å². The molecule has 1 fully saturated rings. The molecule has 1 aliphatic heterocycles. The molecule has 7 heteroatoms. The summed E-state index contributed by atoms with van der Waals surface area (Å²) in [6.45, 7) is 8.67. The van der Waals surface area contributed by atoms with Crippen molar-refractivity contribution in [2.45, 2.75) is 65.3 Å². The summed E-state index contributed by atoms with van der Waals surface area (Å²) in [4.78, 5) is 27.9. The highest BCUT2D eigenvalue weighted by molar-refractivity contribution is 5.90. The summed E-state index contributed by atoms with van der Waals surface area (Å²) in [6, 6.07) is 15.9. The van der Waals surface area contributed by atoms with Crippen molar-refractivity contribution in [3.8, 4) is 5.75 Å². The quantitative estimate of drug-likeness (QED) is 0.465. The average molecular weight is 469 g/mol. The molecular formula is C27H36N2O5. The van der Waals surface area contributed by atoms with Crippen LogP contribution in [0.5, 0.6) is 5.75 Å². The molecule has 7 nitrogen and oxygen atoms in total. The van der Waals surface area contributed by atoms with Gasteiger partial charge >= 0.3 is 12.2 Å². The fourth-order valence-corrected chi connectivity index (χ4v) is 3.70. The van der Waals surface area contributed by atoms with Crippen LogP contribution in [0.4, 0.5) is 15.3 Å². The van der Waals surface area contributed by atoms with Crippen molar-refractivity contribution in [1.82, 2.24) is 4.90 Å².